The first kappa shape index (κ1) is 24.0. The summed E-state index contributed by atoms with van der Waals surface area (Å²) in [6.45, 7) is 1.58. The van der Waals surface area contributed by atoms with Gasteiger partial charge in [-0.1, -0.05) is 6.07 Å². The zero-order chi connectivity index (χ0) is 24.2. The van der Waals surface area contributed by atoms with Crippen LogP contribution in [0.2, 0.25) is 0 Å². The van der Waals surface area contributed by atoms with Crippen molar-refractivity contribution in [1.82, 2.24) is 14.5 Å². The van der Waals surface area contributed by atoms with Gasteiger partial charge in [0.25, 0.3) is 5.91 Å². The number of hydrogen-bond donors (Lipinski definition) is 2. The molecule has 2 aromatic carbocycles. The summed E-state index contributed by atoms with van der Waals surface area (Å²) < 4.78 is 67.0. The normalized spacial score (nSPS) is 11.7. The lowest BCUT2D eigenvalue weighted by molar-refractivity contribution is -0.137. The number of aromatic nitrogens is 2. The molecule has 1 amide bonds. The number of benzene rings is 2. The Labute approximate surface area is 187 Å². The monoisotopic (exact) mass is 477 g/mol. The van der Waals surface area contributed by atoms with Crippen LogP contribution in [0.25, 0.3) is 5.69 Å². The van der Waals surface area contributed by atoms with Gasteiger partial charge in [0.1, 0.15) is 5.82 Å². The van der Waals surface area contributed by atoms with Crippen LogP contribution in [0, 0.1) is 18.3 Å². The van der Waals surface area contributed by atoms with Crippen LogP contribution < -0.4 is 10.0 Å². The second kappa shape index (κ2) is 9.43. The van der Waals surface area contributed by atoms with Gasteiger partial charge >= 0.3 is 6.18 Å². The molecule has 3 aromatic rings. The second-order valence-corrected chi connectivity index (χ2v) is 8.68. The standard InChI is InChI=1S/C21H18F3N5O3S/c1-14-12-19(29(28-14)17-5-2-4-16(13-17)21(22,23)24)27-20(30)15-6-8-18(9-7-15)33(31,32)26-11-3-10-25/h2,4-9,12-13,26H,3,11H2,1H3,(H,27,30). The molecule has 12 heteroatoms. The predicted octanol–water partition coefficient (Wildman–Crippen LogP) is 3.64. The molecule has 0 aliphatic heterocycles. The topological polar surface area (TPSA) is 117 Å². The van der Waals surface area contributed by atoms with Gasteiger partial charge in [-0.05, 0) is 49.4 Å². The molecule has 0 unspecified atom stereocenters. The number of sulfonamides is 1. The van der Waals surface area contributed by atoms with Crippen LogP contribution in [0.15, 0.2) is 59.5 Å². The highest BCUT2D eigenvalue weighted by Gasteiger charge is 2.30. The maximum absolute atomic E-state index is 13.1. The molecule has 8 nitrogen and oxygen atoms in total. The lowest BCUT2D eigenvalue weighted by Gasteiger charge is -2.12. The quantitative estimate of drug-likeness (QED) is 0.504. The summed E-state index contributed by atoms with van der Waals surface area (Å²) in [5.74, 6) is -0.462. The van der Waals surface area contributed by atoms with E-state index in [9.17, 15) is 26.4 Å². The Bertz CT molecular complexity index is 1310. The summed E-state index contributed by atoms with van der Waals surface area (Å²) >= 11 is 0. The molecule has 0 saturated carbocycles. The van der Waals surface area contributed by atoms with Crippen LogP contribution in [-0.4, -0.2) is 30.7 Å². The zero-order valence-corrected chi connectivity index (χ0v) is 18.0. The highest BCUT2D eigenvalue weighted by Crippen LogP contribution is 2.31. The summed E-state index contributed by atoms with van der Waals surface area (Å²) in [5, 5.41) is 15.3. The van der Waals surface area contributed by atoms with Gasteiger partial charge in [-0.25, -0.2) is 17.8 Å². The number of nitrogens with zero attached hydrogens (tertiary/aromatic N) is 3. The first-order valence-corrected chi connectivity index (χ1v) is 11.0. The molecule has 2 N–H and O–H groups in total. The van der Waals surface area contributed by atoms with Crippen LogP contribution >= 0.6 is 0 Å². The largest absolute Gasteiger partial charge is 0.416 e. The molecule has 0 bridgehead atoms. The maximum atomic E-state index is 13.1. The number of carbonyl (C=O) groups is 1. The summed E-state index contributed by atoms with van der Waals surface area (Å²) in [6.07, 6.45) is -4.52. The summed E-state index contributed by atoms with van der Waals surface area (Å²) in [5.41, 5.74) is -0.156. The minimum Gasteiger partial charge on any atom is -0.306 e. The number of aryl methyl sites for hydroxylation is 1. The van der Waals surface area contributed by atoms with E-state index in [0.29, 0.717) is 5.69 Å². The van der Waals surface area contributed by atoms with Gasteiger partial charge in [0.2, 0.25) is 10.0 Å². The molecule has 0 saturated heterocycles. The number of halogens is 3. The third-order valence-corrected chi connectivity index (χ3v) is 5.92. The van der Waals surface area contributed by atoms with Crippen molar-refractivity contribution in [1.29, 1.82) is 5.26 Å². The number of amides is 1. The van der Waals surface area contributed by atoms with Gasteiger partial charge < -0.3 is 5.32 Å². The average Bonchev–Trinajstić information content (AvgIpc) is 3.13. The van der Waals surface area contributed by atoms with Crippen molar-refractivity contribution in [3.05, 3.63) is 71.4 Å². The zero-order valence-electron chi connectivity index (χ0n) is 17.2. The van der Waals surface area contributed by atoms with E-state index in [4.69, 9.17) is 5.26 Å². The predicted molar refractivity (Wildman–Crippen MR) is 113 cm³/mol. The lowest BCUT2D eigenvalue weighted by Crippen LogP contribution is -2.24. The summed E-state index contributed by atoms with van der Waals surface area (Å²) in [4.78, 5) is 12.6. The van der Waals surface area contributed by atoms with Crippen LogP contribution in [0.5, 0.6) is 0 Å². The molecule has 1 heterocycles. The minimum atomic E-state index is -4.53. The van der Waals surface area contributed by atoms with E-state index in [-0.39, 0.29) is 34.9 Å². The van der Waals surface area contributed by atoms with Gasteiger partial charge in [0, 0.05) is 24.6 Å². The molecule has 0 aliphatic rings. The third-order valence-electron chi connectivity index (χ3n) is 4.45. The van der Waals surface area contributed by atoms with E-state index < -0.39 is 27.7 Å². The Kier molecular flexibility index (Phi) is 6.85. The fraction of sp³-hybridized carbons (Fsp3) is 0.190. The smallest absolute Gasteiger partial charge is 0.306 e. The van der Waals surface area contributed by atoms with Crippen molar-refractivity contribution in [2.24, 2.45) is 0 Å². The van der Waals surface area contributed by atoms with Gasteiger partial charge in [0.15, 0.2) is 0 Å². The molecule has 0 aliphatic carbocycles. The molecule has 0 spiro atoms. The van der Waals surface area contributed by atoms with Crippen LogP contribution in [0.3, 0.4) is 0 Å². The highest BCUT2D eigenvalue weighted by atomic mass is 32.2. The van der Waals surface area contributed by atoms with Crippen molar-refractivity contribution < 1.29 is 26.4 Å². The van der Waals surface area contributed by atoms with Gasteiger partial charge in [-0.2, -0.15) is 23.5 Å². The summed E-state index contributed by atoms with van der Waals surface area (Å²) in [7, 11) is -3.83. The van der Waals surface area contributed by atoms with E-state index in [0.717, 1.165) is 12.1 Å². The molecule has 172 valence electrons. The molecule has 0 radical (unpaired) electrons. The lowest BCUT2D eigenvalue weighted by atomic mass is 10.2. The molecular weight excluding hydrogens is 459 g/mol. The number of anilines is 1. The van der Waals surface area contributed by atoms with Gasteiger partial charge in [0.05, 0.1) is 27.9 Å². The number of nitrogens with one attached hydrogen (secondary N) is 2. The van der Waals surface area contributed by atoms with E-state index in [2.05, 4.69) is 15.1 Å². The molecule has 0 atom stereocenters. The Hall–Kier alpha value is -3.69. The van der Waals surface area contributed by atoms with Crippen molar-refractivity contribution in [3.63, 3.8) is 0 Å². The van der Waals surface area contributed by atoms with Crippen LogP contribution in [0.4, 0.5) is 19.0 Å². The van der Waals surface area contributed by atoms with Gasteiger partial charge in [-0.3, -0.25) is 4.79 Å². The molecule has 3 rings (SSSR count). The van der Waals surface area contributed by atoms with E-state index in [1.165, 1.54) is 47.1 Å². The molecular formula is C21H18F3N5O3S. The fourth-order valence-corrected chi connectivity index (χ4v) is 3.93. The number of hydrogen-bond acceptors (Lipinski definition) is 5. The number of rotatable bonds is 7. The van der Waals surface area contributed by atoms with E-state index >= 15 is 0 Å². The van der Waals surface area contributed by atoms with Crippen molar-refractivity contribution >= 4 is 21.7 Å². The molecule has 1 aromatic heterocycles. The maximum Gasteiger partial charge on any atom is 0.416 e. The first-order valence-electron chi connectivity index (χ1n) is 9.53. The number of carbonyl (C=O) groups excluding carboxylic acids is 1. The SMILES string of the molecule is Cc1cc(NC(=O)c2ccc(S(=O)(=O)NCCC#N)cc2)n(-c2cccc(C(F)(F)F)c2)n1. The van der Waals surface area contributed by atoms with Crippen molar-refractivity contribution in [2.45, 2.75) is 24.4 Å². The Morgan fingerprint density at radius 2 is 1.85 bits per heavy atom. The number of alkyl halides is 3. The van der Waals surface area contributed by atoms with E-state index in [1.54, 1.807) is 6.92 Å². The van der Waals surface area contributed by atoms with Crippen LogP contribution in [-0.2, 0) is 16.2 Å². The Morgan fingerprint density at radius 1 is 1.15 bits per heavy atom. The average molecular weight is 477 g/mol. The minimum absolute atomic E-state index is 0.0126. The second-order valence-electron chi connectivity index (χ2n) is 6.92. The fourth-order valence-electron chi connectivity index (χ4n) is 2.90. The number of nitriles is 1. The Morgan fingerprint density at radius 3 is 2.48 bits per heavy atom. The van der Waals surface area contributed by atoms with E-state index in [1.807, 2.05) is 6.07 Å². The molecule has 0 fully saturated rings. The van der Waals surface area contributed by atoms with Crippen molar-refractivity contribution in [3.8, 4) is 11.8 Å². The molecule has 33 heavy (non-hydrogen) atoms. The highest BCUT2D eigenvalue weighted by molar-refractivity contribution is 7.89. The summed E-state index contributed by atoms with van der Waals surface area (Å²) in [6, 6.07) is 12.9. The first-order chi connectivity index (χ1) is 15.5. The van der Waals surface area contributed by atoms with Crippen molar-refractivity contribution in [2.75, 3.05) is 11.9 Å². The third kappa shape index (κ3) is 5.76. The van der Waals surface area contributed by atoms with Gasteiger partial charge in [-0.15, -0.1) is 0 Å². The Balaban J connectivity index is 1.82. The van der Waals surface area contributed by atoms with Crippen LogP contribution in [0.1, 0.15) is 28.0 Å².